The van der Waals surface area contributed by atoms with E-state index in [2.05, 4.69) is 22.0 Å². The van der Waals surface area contributed by atoms with Crippen LogP contribution in [-0.2, 0) is 4.79 Å². The predicted octanol–water partition coefficient (Wildman–Crippen LogP) is 3.36. The van der Waals surface area contributed by atoms with Gasteiger partial charge in [0.05, 0.1) is 26.2 Å². The maximum Gasteiger partial charge on any atom is 0.254 e. The Morgan fingerprint density at radius 2 is 1.64 bits per heavy atom. The van der Waals surface area contributed by atoms with Crippen LogP contribution in [0.5, 0.6) is 11.5 Å². The van der Waals surface area contributed by atoms with Gasteiger partial charge in [0.25, 0.3) is 5.91 Å². The highest BCUT2D eigenvalue weighted by Crippen LogP contribution is 2.46. The summed E-state index contributed by atoms with van der Waals surface area (Å²) in [6.45, 7) is 2.69. The molecule has 0 radical (unpaired) electrons. The Balaban J connectivity index is 1.53. The number of aromatic nitrogens is 1. The van der Waals surface area contributed by atoms with E-state index in [0.29, 0.717) is 35.7 Å². The summed E-state index contributed by atoms with van der Waals surface area (Å²) in [4.78, 5) is 37.8. The van der Waals surface area contributed by atoms with Gasteiger partial charge in [0.2, 0.25) is 5.91 Å². The minimum atomic E-state index is -0.602. The van der Waals surface area contributed by atoms with Crippen molar-refractivity contribution >= 4 is 17.5 Å². The molecule has 186 valence electrons. The third-order valence-corrected chi connectivity index (χ3v) is 7.18. The fourth-order valence-electron chi connectivity index (χ4n) is 5.30. The maximum absolute atomic E-state index is 14.2. The fraction of sp³-hybridized carbons (Fsp3) is 0.321. The molecule has 1 saturated heterocycles. The fourth-order valence-corrected chi connectivity index (χ4v) is 5.30. The topological polar surface area (TPSA) is 75.2 Å². The molecule has 0 aliphatic carbocycles. The quantitative estimate of drug-likeness (QED) is 0.551. The average molecular weight is 487 g/mol. The van der Waals surface area contributed by atoms with Gasteiger partial charge in [-0.1, -0.05) is 24.3 Å². The maximum atomic E-state index is 14.2. The molecule has 36 heavy (non-hydrogen) atoms. The number of hydrogen-bond donors (Lipinski definition) is 0. The number of carbonyl (C=O) groups excluding carboxylic acids is 2. The minimum absolute atomic E-state index is 0.00983. The molecular formula is C28H30N4O4. The van der Waals surface area contributed by atoms with Crippen LogP contribution < -0.4 is 14.4 Å². The van der Waals surface area contributed by atoms with Crippen molar-refractivity contribution in [3.63, 3.8) is 0 Å². The minimum Gasteiger partial charge on any atom is -0.493 e. The van der Waals surface area contributed by atoms with E-state index in [1.165, 1.54) is 7.11 Å². The molecule has 0 N–H and O–H groups in total. The highest BCUT2D eigenvalue weighted by Gasteiger charge is 2.45. The molecule has 0 bridgehead atoms. The van der Waals surface area contributed by atoms with Crippen LogP contribution in [0.1, 0.15) is 33.4 Å². The van der Waals surface area contributed by atoms with Crippen molar-refractivity contribution in [1.82, 2.24) is 14.8 Å². The lowest BCUT2D eigenvalue weighted by Crippen LogP contribution is -2.53. The van der Waals surface area contributed by atoms with Gasteiger partial charge in [-0.25, -0.2) is 0 Å². The Hall–Kier alpha value is -4.07. The number of ether oxygens (including phenoxy) is 2. The Labute approximate surface area is 211 Å². The lowest BCUT2D eigenvalue weighted by atomic mass is 9.79. The number of fused-ring (bicyclic) bond motifs is 1. The van der Waals surface area contributed by atoms with E-state index >= 15 is 0 Å². The van der Waals surface area contributed by atoms with Crippen LogP contribution >= 0.6 is 0 Å². The molecular weight excluding hydrogens is 456 g/mol. The first-order valence-electron chi connectivity index (χ1n) is 12.0. The third-order valence-electron chi connectivity index (χ3n) is 7.18. The standard InChI is InChI=1S/C28H30N4O4/c1-30-26(19-8-7-11-29-18-19)25(21-16-23(35-2)24(36-3)17-22(21)27(30)33)28(34)32-14-12-31(13-15-32)20-9-5-4-6-10-20/h4-11,16-18,25-26H,12-15H2,1-3H3/t25-,26+/m0/s1. The van der Waals surface area contributed by atoms with Crippen molar-refractivity contribution in [1.29, 1.82) is 0 Å². The Morgan fingerprint density at radius 3 is 2.28 bits per heavy atom. The van der Waals surface area contributed by atoms with Gasteiger partial charge < -0.3 is 24.2 Å². The van der Waals surface area contributed by atoms with Crippen LogP contribution in [0, 0.1) is 0 Å². The number of rotatable bonds is 5. The molecule has 0 spiro atoms. The summed E-state index contributed by atoms with van der Waals surface area (Å²) in [6, 6.07) is 17.0. The van der Waals surface area contributed by atoms with Crippen molar-refractivity contribution in [2.45, 2.75) is 12.0 Å². The number of para-hydroxylation sites is 1. The lowest BCUT2D eigenvalue weighted by molar-refractivity contribution is -0.134. The van der Waals surface area contributed by atoms with Crippen LogP contribution in [0.25, 0.3) is 0 Å². The van der Waals surface area contributed by atoms with Crippen LogP contribution in [0.3, 0.4) is 0 Å². The summed E-state index contributed by atoms with van der Waals surface area (Å²) in [7, 11) is 4.83. The normalized spacial score (nSPS) is 19.6. The Bertz CT molecular complexity index is 1240. The molecule has 1 aromatic heterocycles. The molecule has 3 heterocycles. The van der Waals surface area contributed by atoms with Gasteiger partial charge in [-0.2, -0.15) is 0 Å². The molecule has 1 fully saturated rings. The summed E-state index contributed by atoms with van der Waals surface area (Å²) in [5.74, 6) is 0.169. The van der Waals surface area contributed by atoms with Gasteiger partial charge in [-0.3, -0.25) is 14.6 Å². The molecule has 2 aromatic carbocycles. The van der Waals surface area contributed by atoms with Gasteiger partial charge in [0.15, 0.2) is 11.5 Å². The monoisotopic (exact) mass is 486 g/mol. The summed E-state index contributed by atoms with van der Waals surface area (Å²) in [5.41, 5.74) is 3.08. The van der Waals surface area contributed by atoms with Gasteiger partial charge in [0, 0.05) is 56.9 Å². The summed E-state index contributed by atoms with van der Waals surface area (Å²) >= 11 is 0. The number of piperazine rings is 1. The molecule has 2 amide bonds. The van der Waals surface area contributed by atoms with E-state index < -0.39 is 12.0 Å². The molecule has 8 heteroatoms. The average Bonchev–Trinajstić information content (AvgIpc) is 2.94. The second-order valence-corrected chi connectivity index (χ2v) is 9.07. The molecule has 0 unspecified atom stereocenters. The van der Waals surface area contributed by atoms with Crippen LogP contribution in [0.2, 0.25) is 0 Å². The first-order valence-corrected chi connectivity index (χ1v) is 12.0. The first-order chi connectivity index (χ1) is 17.5. The molecule has 5 rings (SSSR count). The summed E-state index contributed by atoms with van der Waals surface area (Å²) in [5, 5.41) is 0. The lowest BCUT2D eigenvalue weighted by Gasteiger charge is -2.43. The SMILES string of the molecule is COc1cc2c(cc1OC)[C@H](C(=O)N1CCN(c3ccccc3)CC1)[C@@H](c1cccnc1)N(C)C2=O. The van der Waals surface area contributed by atoms with E-state index in [4.69, 9.17) is 9.47 Å². The third kappa shape index (κ3) is 4.12. The van der Waals surface area contributed by atoms with Crippen molar-refractivity contribution in [2.24, 2.45) is 0 Å². The molecule has 2 atom stereocenters. The molecule has 3 aromatic rings. The second kappa shape index (κ2) is 9.89. The second-order valence-electron chi connectivity index (χ2n) is 9.07. The van der Waals surface area contributed by atoms with Crippen LogP contribution in [0.15, 0.2) is 67.0 Å². The van der Waals surface area contributed by atoms with Gasteiger partial charge >= 0.3 is 0 Å². The zero-order valence-electron chi connectivity index (χ0n) is 20.8. The Kier molecular flexibility index (Phi) is 6.50. The van der Waals surface area contributed by atoms with Crippen molar-refractivity contribution < 1.29 is 19.1 Å². The summed E-state index contributed by atoms with van der Waals surface area (Å²) < 4.78 is 11.0. The van der Waals surface area contributed by atoms with Crippen LogP contribution in [0.4, 0.5) is 5.69 Å². The van der Waals surface area contributed by atoms with E-state index in [1.807, 2.05) is 35.2 Å². The first kappa shape index (κ1) is 23.7. The number of pyridine rings is 1. The van der Waals surface area contributed by atoms with E-state index in [-0.39, 0.29) is 11.8 Å². The number of hydrogen-bond acceptors (Lipinski definition) is 6. The van der Waals surface area contributed by atoms with E-state index in [9.17, 15) is 9.59 Å². The smallest absolute Gasteiger partial charge is 0.254 e. The number of carbonyl (C=O) groups is 2. The zero-order chi connectivity index (χ0) is 25.2. The molecule has 8 nitrogen and oxygen atoms in total. The number of anilines is 1. The highest BCUT2D eigenvalue weighted by atomic mass is 16.5. The van der Waals surface area contributed by atoms with Crippen LogP contribution in [-0.4, -0.2) is 74.0 Å². The summed E-state index contributed by atoms with van der Waals surface area (Å²) in [6.07, 6.45) is 3.42. The van der Waals surface area contributed by atoms with Crippen molar-refractivity contribution in [3.05, 3.63) is 83.7 Å². The molecule has 2 aliphatic heterocycles. The van der Waals surface area contributed by atoms with Crippen molar-refractivity contribution in [2.75, 3.05) is 52.3 Å². The van der Waals surface area contributed by atoms with Gasteiger partial charge in [-0.15, -0.1) is 0 Å². The van der Waals surface area contributed by atoms with E-state index in [0.717, 1.165) is 24.3 Å². The highest BCUT2D eigenvalue weighted by molar-refractivity contribution is 6.02. The van der Waals surface area contributed by atoms with Gasteiger partial charge in [-0.05, 0) is 41.5 Å². The zero-order valence-corrected chi connectivity index (χ0v) is 20.8. The number of likely N-dealkylation sites (N-methyl/N-ethyl adjacent to an activating group) is 1. The molecule has 2 aliphatic rings. The van der Waals surface area contributed by atoms with E-state index in [1.54, 1.807) is 43.6 Å². The Morgan fingerprint density at radius 1 is 0.944 bits per heavy atom. The van der Waals surface area contributed by atoms with Crippen molar-refractivity contribution in [3.8, 4) is 11.5 Å². The number of amides is 2. The van der Waals surface area contributed by atoms with Gasteiger partial charge in [0.1, 0.15) is 0 Å². The number of benzene rings is 2. The largest absolute Gasteiger partial charge is 0.493 e. The number of nitrogens with zero attached hydrogens (tertiary/aromatic N) is 4. The predicted molar refractivity (Wildman–Crippen MR) is 137 cm³/mol. The number of methoxy groups -OCH3 is 2. The molecule has 0 saturated carbocycles.